The number of ether oxygens (including phenoxy) is 1. The minimum atomic E-state index is -0.323. The first kappa shape index (κ1) is 17.8. The number of aromatic hydroxyl groups is 1. The van der Waals surface area contributed by atoms with Gasteiger partial charge < -0.3 is 9.84 Å². The van der Waals surface area contributed by atoms with Gasteiger partial charge in [0.25, 0.3) is 5.91 Å². The van der Waals surface area contributed by atoms with Gasteiger partial charge in [0.05, 0.1) is 23.1 Å². The Labute approximate surface area is 145 Å². The Morgan fingerprint density at radius 1 is 1.46 bits per heavy atom. The zero-order valence-electron chi connectivity index (χ0n) is 13.5. The van der Waals surface area contributed by atoms with Crippen molar-refractivity contribution >= 4 is 23.9 Å². The number of hydrogen-bond acceptors (Lipinski definition) is 6. The lowest BCUT2D eigenvalue weighted by Gasteiger charge is -2.08. The summed E-state index contributed by atoms with van der Waals surface area (Å²) in [6.07, 6.45) is 3.18. The number of nitrogens with zero attached hydrogens (tertiary/aromatic N) is 2. The second kappa shape index (κ2) is 8.93. The van der Waals surface area contributed by atoms with E-state index >= 15 is 0 Å². The SMILES string of the molecule is CCOc1cc(/C=N\NC(=O)[C@H](C)Sc2ccccn2)ccc1O. The predicted octanol–water partition coefficient (Wildman–Crippen LogP) is 2.82. The van der Waals surface area contributed by atoms with Crippen LogP contribution in [-0.4, -0.2) is 34.1 Å². The van der Waals surface area contributed by atoms with E-state index in [0.29, 0.717) is 17.9 Å². The van der Waals surface area contributed by atoms with Gasteiger partial charge in [0.1, 0.15) is 0 Å². The van der Waals surface area contributed by atoms with Crippen molar-refractivity contribution in [3.8, 4) is 11.5 Å². The Hall–Kier alpha value is -2.54. The number of amides is 1. The summed E-state index contributed by atoms with van der Waals surface area (Å²) in [6, 6.07) is 10.4. The molecule has 6 nitrogen and oxygen atoms in total. The number of hydrogen-bond donors (Lipinski definition) is 2. The molecular formula is C17H19N3O3S. The summed E-state index contributed by atoms with van der Waals surface area (Å²) in [5.41, 5.74) is 3.21. The van der Waals surface area contributed by atoms with E-state index in [4.69, 9.17) is 4.74 Å². The van der Waals surface area contributed by atoms with Crippen molar-refractivity contribution in [3.63, 3.8) is 0 Å². The van der Waals surface area contributed by atoms with Gasteiger partial charge in [-0.1, -0.05) is 17.8 Å². The molecule has 0 unspecified atom stereocenters. The van der Waals surface area contributed by atoms with E-state index < -0.39 is 0 Å². The number of hydrazone groups is 1. The number of thioether (sulfide) groups is 1. The largest absolute Gasteiger partial charge is 0.504 e. The Bertz CT molecular complexity index is 707. The van der Waals surface area contributed by atoms with Crippen LogP contribution in [0.1, 0.15) is 19.4 Å². The van der Waals surface area contributed by atoms with Crippen molar-refractivity contribution in [1.82, 2.24) is 10.4 Å². The third-order valence-corrected chi connectivity index (χ3v) is 4.03. The molecule has 2 aromatic rings. The third kappa shape index (κ3) is 5.27. The summed E-state index contributed by atoms with van der Waals surface area (Å²) in [5.74, 6) is 0.232. The predicted molar refractivity (Wildman–Crippen MR) is 94.6 cm³/mol. The summed E-state index contributed by atoms with van der Waals surface area (Å²) in [5, 5.41) is 14.0. The molecule has 0 spiro atoms. The van der Waals surface area contributed by atoms with Gasteiger partial charge in [-0.3, -0.25) is 4.79 Å². The molecule has 0 aliphatic rings. The number of benzene rings is 1. The molecule has 1 heterocycles. The molecule has 0 aliphatic heterocycles. The maximum absolute atomic E-state index is 12.0. The molecular weight excluding hydrogens is 326 g/mol. The van der Waals surface area contributed by atoms with Crippen molar-refractivity contribution in [1.29, 1.82) is 0 Å². The molecule has 0 radical (unpaired) electrons. The smallest absolute Gasteiger partial charge is 0.253 e. The van der Waals surface area contributed by atoms with Crippen molar-refractivity contribution < 1.29 is 14.6 Å². The van der Waals surface area contributed by atoms with Gasteiger partial charge in [-0.25, -0.2) is 10.4 Å². The van der Waals surface area contributed by atoms with E-state index in [9.17, 15) is 9.90 Å². The van der Waals surface area contributed by atoms with Gasteiger partial charge in [-0.2, -0.15) is 5.10 Å². The van der Waals surface area contributed by atoms with Gasteiger partial charge >= 0.3 is 0 Å². The summed E-state index contributed by atoms with van der Waals surface area (Å²) >= 11 is 1.36. The van der Waals surface area contributed by atoms with E-state index in [0.717, 1.165) is 5.03 Å². The molecule has 0 saturated carbocycles. The topological polar surface area (TPSA) is 83.8 Å². The first-order valence-corrected chi connectivity index (χ1v) is 8.34. The molecule has 1 atom stereocenters. The minimum absolute atomic E-state index is 0.0680. The zero-order chi connectivity index (χ0) is 17.4. The highest BCUT2D eigenvalue weighted by atomic mass is 32.2. The molecule has 126 valence electrons. The quantitative estimate of drug-likeness (QED) is 0.458. The lowest BCUT2D eigenvalue weighted by molar-refractivity contribution is -0.120. The molecule has 2 N–H and O–H groups in total. The molecule has 2 rings (SSSR count). The summed E-state index contributed by atoms with van der Waals surface area (Å²) in [4.78, 5) is 16.2. The first-order valence-electron chi connectivity index (χ1n) is 7.46. The second-order valence-electron chi connectivity index (χ2n) is 4.82. The van der Waals surface area contributed by atoms with Crippen LogP contribution in [0.25, 0.3) is 0 Å². The van der Waals surface area contributed by atoms with E-state index in [1.165, 1.54) is 24.0 Å². The Morgan fingerprint density at radius 3 is 3.00 bits per heavy atom. The van der Waals surface area contributed by atoms with E-state index in [1.54, 1.807) is 25.3 Å². The standard InChI is InChI=1S/C17H19N3O3S/c1-3-23-15-10-13(7-8-14(15)21)11-19-20-17(22)12(2)24-16-6-4-5-9-18-16/h4-12,21H,3H2,1-2H3,(H,20,22)/b19-11-/t12-/m0/s1. The Kier molecular flexibility index (Phi) is 6.62. The number of carbonyl (C=O) groups is 1. The number of phenolic OH excluding ortho intramolecular Hbond substituents is 1. The Morgan fingerprint density at radius 2 is 2.29 bits per heavy atom. The second-order valence-corrected chi connectivity index (χ2v) is 6.18. The lowest BCUT2D eigenvalue weighted by Crippen LogP contribution is -2.26. The van der Waals surface area contributed by atoms with Crippen LogP contribution in [0, 0.1) is 0 Å². The highest BCUT2D eigenvalue weighted by Crippen LogP contribution is 2.26. The van der Waals surface area contributed by atoms with Gasteiger partial charge in [0.15, 0.2) is 11.5 Å². The molecule has 0 fully saturated rings. The fourth-order valence-electron chi connectivity index (χ4n) is 1.79. The van der Waals surface area contributed by atoms with E-state index in [1.807, 2.05) is 25.1 Å². The molecule has 1 aromatic carbocycles. The average Bonchev–Trinajstić information content (AvgIpc) is 2.58. The van der Waals surface area contributed by atoms with Crippen LogP contribution in [-0.2, 0) is 4.79 Å². The average molecular weight is 345 g/mol. The van der Waals surface area contributed by atoms with E-state index in [2.05, 4.69) is 15.5 Å². The van der Waals surface area contributed by atoms with E-state index in [-0.39, 0.29) is 16.9 Å². The van der Waals surface area contributed by atoms with Gasteiger partial charge in [0.2, 0.25) is 0 Å². The molecule has 24 heavy (non-hydrogen) atoms. The fourth-order valence-corrected chi connectivity index (χ4v) is 2.60. The van der Waals surface area contributed by atoms with Gasteiger partial charge in [-0.15, -0.1) is 0 Å². The summed E-state index contributed by atoms with van der Waals surface area (Å²) < 4.78 is 5.30. The van der Waals surface area contributed by atoms with Crippen molar-refractivity contribution in [3.05, 3.63) is 48.2 Å². The van der Waals surface area contributed by atoms with Crippen LogP contribution in [0.4, 0.5) is 0 Å². The molecule has 0 aliphatic carbocycles. The number of phenols is 1. The first-order chi connectivity index (χ1) is 11.6. The lowest BCUT2D eigenvalue weighted by atomic mass is 10.2. The maximum atomic E-state index is 12.0. The summed E-state index contributed by atoms with van der Waals surface area (Å²) in [7, 11) is 0. The maximum Gasteiger partial charge on any atom is 0.253 e. The number of carbonyl (C=O) groups excluding carboxylic acids is 1. The molecule has 1 amide bonds. The molecule has 7 heteroatoms. The van der Waals surface area contributed by atoms with Crippen LogP contribution in [0.3, 0.4) is 0 Å². The van der Waals surface area contributed by atoms with Gasteiger partial charge in [0, 0.05) is 6.20 Å². The van der Waals surface area contributed by atoms with Crippen LogP contribution < -0.4 is 10.2 Å². The normalized spacial score (nSPS) is 12.1. The molecule has 1 aromatic heterocycles. The third-order valence-electron chi connectivity index (χ3n) is 2.98. The monoisotopic (exact) mass is 345 g/mol. The minimum Gasteiger partial charge on any atom is -0.504 e. The zero-order valence-corrected chi connectivity index (χ0v) is 14.3. The van der Waals surface area contributed by atoms with Crippen molar-refractivity contribution in [2.24, 2.45) is 5.10 Å². The number of rotatable bonds is 7. The van der Waals surface area contributed by atoms with Crippen LogP contribution >= 0.6 is 11.8 Å². The summed E-state index contributed by atoms with van der Waals surface area (Å²) in [6.45, 7) is 4.08. The van der Waals surface area contributed by atoms with Gasteiger partial charge in [-0.05, 0) is 49.7 Å². The van der Waals surface area contributed by atoms with Crippen LogP contribution in [0.5, 0.6) is 11.5 Å². The highest BCUT2D eigenvalue weighted by molar-refractivity contribution is 8.00. The number of aromatic nitrogens is 1. The Balaban J connectivity index is 1.91. The number of pyridine rings is 1. The number of nitrogens with one attached hydrogen (secondary N) is 1. The highest BCUT2D eigenvalue weighted by Gasteiger charge is 2.14. The van der Waals surface area contributed by atoms with Crippen LogP contribution in [0.15, 0.2) is 52.7 Å². The van der Waals surface area contributed by atoms with Crippen LogP contribution in [0.2, 0.25) is 0 Å². The molecule has 0 saturated heterocycles. The van der Waals surface area contributed by atoms with Crippen molar-refractivity contribution in [2.45, 2.75) is 24.1 Å². The fraction of sp³-hybridized carbons (Fsp3) is 0.235. The molecule has 0 bridgehead atoms. The van der Waals surface area contributed by atoms with Crippen molar-refractivity contribution in [2.75, 3.05) is 6.61 Å².